The first-order valence-electron chi connectivity index (χ1n) is 8.13. The molecule has 0 saturated carbocycles. The zero-order valence-corrected chi connectivity index (χ0v) is 15.7. The predicted molar refractivity (Wildman–Crippen MR) is 102 cm³/mol. The van der Waals surface area contributed by atoms with Crippen LogP contribution < -0.4 is 15.0 Å². The molecule has 0 saturated heterocycles. The molecule has 26 heavy (non-hydrogen) atoms. The Balaban J connectivity index is 1.82. The maximum atomic E-state index is 12.4. The highest BCUT2D eigenvalue weighted by atomic mass is 79.9. The number of hydrogen-bond donors (Lipinski definition) is 1. The number of carbonyl (C=O) groups is 3. The molecule has 0 bridgehead atoms. The molecule has 0 spiro atoms. The van der Waals surface area contributed by atoms with Gasteiger partial charge in [-0.05, 0) is 36.4 Å². The molecule has 0 unspecified atom stereocenters. The summed E-state index contributed by atoms with van der Waals surface area (Å²) in [7, 11) is 0. The minimum atomic E-state index is -0.337. The van der Waals surface area contributed by atoms with Crippen LogP contribution in [0.15, 0.2) is 46.9 Å². The number of benzene rings is 2. The molecule has 0 fully saturated rings. The van der Waals surface area contributed by atoms with Gasteiger partial charge in [0.05, 0.1) is 5.69 Å². The zero-order valence-electron chi connectivity index (χ0n) is 14.1. The van der Waals surface area contributed by atoms with E-state index in [9.17, 15) is 14.4 Å². The van der Waals surface area contributed by atoms with Crippen LogP contribution in [0.5, 0.6) is 5.75 Å². The van der Waals surface area contributed by atoms with E-state index >= 15 is 0 Å². The third-order valence-corrected chi connectivity index (χ3v) is 4.45. The smallest absolute Gasteiger partial charge is 0.265 e. The van der Waals surface area contributed by atoms with Crippen molar-refractivity contribution in [1.82, 2.24) is 0 Å². The second-order valence-electron chi connectivity index (χ2n) is 5.79. The largest absolute Gasteiger partial charge is 0.482 e. The first-order chi connectivity index (χ1) is 12.5. The van der Waals surface area contributed by atoms with Gasteiger partial charge in [-0.25, -0.2) is 0 Å². The van der Waals surface area contributed by atoms with Crippen molar-refractivity contribution >= 4 is 44.9 Å². The molecule has 1 N–H and O–H groups in total. The Morgan fingerprint density at radius 3 is 2.77 bits per heavy atom. The van der Waals surface area contributed by atoms with Gasteiger partial charge in [0.25, 0.3) is 5.91 Å². The number of ketones is 1. The maximum Gasteiger partial charge on any atom is 0.265 e. The highest BCUT2D eigenvalue weighted by molar-refractivity contribution is 9.10. The van der Waals surface area contributed by atoms with Crippen molar-refractivity contribution in [1.29, 1.82) is 0 Å². The van der Waals surface area contributed by atoms with Crippen molar-refractivity contribution in [3.05, 3.63) is 52.5 Å². The van der Waals surface area contributed by atoms with Gasteiger partial charge in [0.2, 0.25) is 5.91 Å². The van der Waals surface area contributed by atoms with E-state index in [0.29, 0.717) is 29.1 Å². The number of hydrogen-bond acceptors (Lipinski definition) is 4. The Labute approximate surface area is 159 Å². The Morgan fingerprint density at radius 1 is 1.23 bits per heavy atom. The van der Waals surface area contributed by atoms with Crippen molar-refractivity contribution in [3.8, 4) is 5.75 Å². The first kappa shape index (κ1) is 18.1. The van der Waals surface area contributed by atoms with Crippen molar-refractivity contribution in [2.75, 3.05) is 23.4 Å². The lowest BCUT2D eigenvalue weighted by Crippen LogP contribution is -2.43. The molecule has 2 aromatic rings. The summed E-state index contributed by atoms with van der Waals surface area (Å²) in [6.45, 7) is 1.47. The summed E-state index contributed by atoms with van der Waals surface area (Å²) < 4.78 is 6.25. The molecule has 0 aromatic heterocycles. The quantitative estimate of drug-likeness (QED) is 0.757. The molecule has 7 heteroatoms. The number of anilines is 2. The number of fused-ring (bicyclic) bond motifs is 1. The lowest BCUT2D eigenvalue weighted by atomic mass is 10.1. The number of halogens is 1. The van der Waals surface area contributed by atoms with Gasteiger partial charge in [-0.1, -0.05) is 28.9 Å². The van der Waals surface area contributed by atoms with Crippen LogP contribution in [0.1, 0.15) is 23.7 Å². The maximum absolute atomic E-state index is 12.4. The van der Waals surface area contributed by atoms with E-state index in [1.807, 2.05) is 6.07 Å². The molecule has 1 aliphatic heterocycles. The summed E-state index contributed by atoms with van der Waals surface area (Å²) in [5, 5.41) is 2.76. The number of Topliss-reactive ketones (excluding diaryl/α,β-unsaturated/α-hetero) is 1. The summed E-state index contributed by atoms with van der Waals surface area (Å²) in [4.78, 5) is 38.0. The predicted octanol–water partition coefficient (Wildman–Crippen LogP) is 3.41. The van der Waals surface area contributed by atoms with Crippen LogP contribution in [0.25, 0.3) is 0 Å². The van der Waals surface area contributed by atoms with Gasteiger partial charge in [-0.15, -0.1) is 0 Å². The molecule has 0 atom stereocenters. The fraction of sp³-hybridized carbons (Fsp3) is 0.211. The zero-order chi connectivity index (χ0) is 18.7. The van der Waals surface area contributed by atoms with Crippen LogP contribution >= 0.6 is 15.9 Å². The molecule has 0 radical (unpaired) electrons. The van der Waals surface area contributed by atoms with Crippen LogP contribution in [0.4, 0.5) is 11.4 Å². The molecule has 2 aromatic carbocycles. The van der Waals surface area contributed by atoms with Crippen molar-refractivity contribution in [2.24, 2.45) is 0 Å². The van der Waals surface area contributed by atoms with Crippen LogP contribution in [-0.2, 0) is 9.59 Å². The fourth-order valence-electron chi connectivity index (χ4n) is 2.66. The molecule has 1 aliphatic rings. The van der Waals surface area contributed by atoms with Crippen molar-refractivity contribution < 1.29 is 19.1 Å². The van der Waals surface area contributed by atoms with E-state index in [4.69, 9.17) is 4.74 Å². The molecule has 134 valence electrons. The van der Waals surface area contributed by atoms with E-state index in [2.05, 4.69) is 21.2 Å². The molecule has 0 aliphatic carbocycles. The summed E-state index contributed by atoms with van der Waals surface area (Å²) in [5.74, 6) is -0.226. The number of rotatable bonds is 5. The number of nitrogens with zero attached hydrogens (tertiary/aromatic N) is 1. The monoisotopic (exact) mass is 416 g/mol. The molecular formula is C19H17BrN2O4. The van der Waals surface area contributed by atoms with Gasteiger partial charge in [0, 0.05) is 22.1 Å². The Morgan fingerprint density at radius 2 is 2.04 bits per heavy atom. The average Bonchev–Trinajstić information content (AvgIpc) is 2.63. The molecule has 1 heterocycles. The topological polar surface area (TPSA) is 75.7 Å². The number of amides is 2. The number of ether oxygens (including phenoxy) is 1. The van der Waals surface area contributed by atoms with Crippen molar-refractivity contribution in [2.45, 2.75) is 13.3 Å². The first-order valence-corrected chi connectivity index (χ1v) is 8.93. The number of carbonyl (C=O) groups excluding carboxylic acids is 3. The van der Waals surface area contributed by atoms with Gasteiger partial charge in [0.1, 0.15) is 12.3 Å². The summed E-state index contributed by atoms with van der Waals surface area (Å²) >= 11 is 3.35. The second kappa shape index (κ2) is 7.70. The second-order valence-corrected chi connectivity index (χ2v) is 6.70. The minimum absolute atomic E-state index is 0.0376. The van der Waals surface area contributed by atoms with Crippen molar-refractivity contribution in [3.63, 3.8) is 0 Å². The lowest BCUT2D eigenvalue weighted by Gasteiger charge is -2.29. The van der Waals surface area contributed by atoms with E-state index in [-0.39, 0.29) is 30.7 Å². The van der Waals surface area contributed by atoms with Crippen LogP contribution in [-0.4, -0.2) is 30.7 Å². The summed E-state index contributed by atoms with van der Waals surface area (Å²) in [5.41, 5.74) is 1.55. The lowest BCUT2D eigenvalue weighted by molar-refractivity contribution is -0.123. The van der Waals surface area contributed by atoms with Gasteiger partial charge < -0.3 is 10.1 Å². The van der Waals surface area contributed by atoms with Crippen LogP contribution in [0.2, 0.25) is 0 Å². The fourth-order valence-corrected chi connectivity index (χ4v) is 3.06. The highest BCUT2D eigenvalue weighted by Gasteiger charge is 2.28. The third kappa shape index (κ3) is 3.94. The molecule has 3 rings (SSSR count). The van der Waals surface area contributed by atoms with E-state index in [1.54, 1.807) is 43.3 Å². The Hall–Kier alpha value is -2.67. The molecule has 2 amide bonds. The van der Waals surface area contributed by atoms with E-state index in [0.717, 1.165) is 4.47 Å². The third-order valence-electron chi connectivity index (χ3n) is 3.96. The number of nitrogens with one attached hydrogen (secondary N) is 1. The SMILES string of the molecule is CCC(=O)c1ccc2c(c1)N(CC(=O)Nc1cccc(Br)c1)C(=O)CO2. The van der Waals surface area contributed by atoms with Crippen LogP contribution in [0, 0.1) is 0 Å². The Bertz CT molecular complexity index is 882. The van der Waals surface area contributed by atoms with E-state index in [1.165, 1.54) is 4.90 Å². The summed E-state index contributed by atoms with van der Waals surface area (Å²) in [6.07, 6.45) is 0.358. The highest BCUT2D eigenvalue weighted by Crippen LogP contribution is 2.33. The van der Waals surface area contributed by atoms with Gasteiger partial charge in [-0.3, -0.25) is 19.3 Å². The minimum Gasteiger partial charge on any atom is -0.482 e. The molecule has 6 nitrogen and oxygen atoms in total. The Kier molecular flexibility index (Phi) is 5.37. The standard InChI is InChI=1S/C19H17BrN2O4/c1-2-16(23)12-6-7-17-15(8-12)22(19(25)11-26-17)10-18(24)21-14-5-3-4-13(20)9-14/h3-9H,2,10-11H2,1H3,(H,21,24). The molecular weight excluding hydrogens is 400 g/mol. The van der Waals surface area contributed by atoms with Crippen LogP contribution in [0.3, 0.4) is 0 Å². The van der Waals surface area contributed by atoms with Gasteiger partial charge >= 0.3 is 0 Å². The van der Waals surface area contributed by atoms with E-state index < -0.39 is 0 Å². The van der Waals surface area contributed by atoms with Gasteiger partial charge in [0.15, 0.2) is 12.4 Å². The normalized spacial score (nSPS) is 13.0. The average molecular weight is 417 g/mol. The summed E-state index contributed by atoms with van der Waals surface area (Å²) in [6, 6.07) is 12.1. The van der Waals surface area contributed by atoms with Gasteiger partial charge in [-0.2, -0.15) is 0 Å².